The summed E-state index contributed by atoms with van der Waals surface area (Å²) in [5, 5.41) is 6.20. The topological polar surface area (TPSA) is 59.6 Å². The molecule has 0 spiro atoms. The van der Waals surface area contributed by atoms with E-state index in [4.69, 9.17) is 9.47 Å². The second-order valence-electron chi connectivity index (χ2n) is 5.56. The van der Waals surface area contributed by atoms with Crippen molar-refractivity contribution in [2.45, 2.75) is 20.3 Å². The van der Waals surface area contributed by atoms with E-state index in [1.807, 2.05) is 6.07 Å². The number of carbonyl (C=O) groups is 1. The predicted octanol–water partition coefficient (Wildman–Crippen LogP) is 3.76. The summed E-state index contributed by atoms with van der Waals surface area (Å²) >= 11 is 0. The molecular weight excluding hydrogens is 304 g/mol. The smallest absolute Gasteiger partial charge is 0.226 e. The van der Waals surface area contributed by atoms with Gasteiger partial charge in [-0.1, -0.05) is 18.2 Å². The van der Waals surface area contributed by atoms with Crippen LogP contribution >= 0.6 is 0 Å². The normalized spacial score (nSPS) is 10.2. The maximum absolute atomic E-state index is 12.2. The number of carbonyl (C=O) groups excluding carboxylic acids is 1. The zero-order valence-corrected chi connectivity index (χ0v) is 14.6. The largest absolute Gasteiger partial charge is 0.497 e. The molecule has 2 rings (SSSR count). The van der Waals surface area contributed by atoms with Gasteiger partial charge in [-0.25, -0.2) is 0 Å². The monoisotopic (exact) mass is 328 g/mol. The van der Waals surface area contributed by atoms with Gasteiger partial charge in [0.1, 0.15) is 11.5 Å². The zero-order chi connectivity index (χ0) is 17.5. The van der Waals surface area contributed by atoms with Crippen LogP contribution in [0.4, 0.5) is 11.4 Å². The Labute approximate surface area is 143 Å². The van der Waals surface area contributed by atoms with E-state index < -0.39 is 0 Å². The molecule has 2 N–H and O–H groups in total. The molecular formula is C19H24N2O3. The zero-order valence-electron chi connectivity index (χ0n) is 14.6. The minimum Gasteiger partial charge on any atom is -0.497 e. The van der Waals surface area contributed by atoms with Crippen LogP contribution in [0, 0.1) is 13.8 Å². The Kier molecular flexibility index (Phi) is 6.07. The van der Waals surface area contributed by atoms with Crippen LogP contribution in [-0.2, 0) is 4.79 Å². The molecule has 2 aromatic rings. The van der Waals surface area contributed by atoms with E-state index in [-0.39, 0.29) is 5.91 Å². The number of para-hydroxylation sites is 1. The number of hydrogen-bond donors (Lipinski definition) is 2. The highest BCUT2D eigenvalue weighted by Gasteiger charge is 2.09. The van der Waals surface area contributed by atoms with E-state index in [1.54, 1.807) is 32.4 Å². The van der Waals surface area contributed by atoms with E-state index in [9.17, 15) is 4.79 Å². The molecule has 0 fully saturated rings. The van der Waals surface area contributed by atoms with Gasteiger partial charge in [0.05, 0.1) is 19.9 Å². The highest BCUT2D eigenvalue weighted by molar-refractivity contribution is 5.92. The van der Waals surface area contributed by atoms with Gasteiger partial charge >= 0.3 is 0 Å². The first-order chi connectivity index (χ1) is 11.5. The fourth-order valence-corrected chi connectivity index (χ4v) is 2.51. The van der Waals surface area contributed by atoms with Gasteiger partial charge < -0.3 is 20.1 Å². The number of hydrogen-bond acceptors (Lipinski definition) is 4. The van der Waals surface area contributed by atoms with Gasteiger partial charge in [-0.2, -0.15) is 0 Å². The van der Waals surface area contributed by atoms with Crippen molar-refractivity contribution in [1.29, 1.82) is 0 Å². The second kappa shape index (κ2) is 8.24. The summed E-state index contributed by atoms with van der Waals surface area (Å²) in [6, 6.07) is 11.4. The molecule has 0 heterocycles. The van der Waals surface area contributed by atoms with E-state index in [0.29, 0.717) is 30.2 Å². The number of ether oxygens (including phenoxy) is 2. The average molecular weight is 328 g/mol. The molecule has 0 aliphatic rings. The van der Waals surface area contributed by atoms with Crippen LogP contribution in [0.1, 0.15) is 17.5 Å². The third kappa shape index (κ3) is 4.41. The molecule has 128 valence electrons. The number of nitrogens with one attached hydrogen (secondary N) is 2. The van der Waals surface area contributed by atoms with E-state index in [1.165, 1.54) is 11.1 Å². The van der Waals surface area contributed by atoms with Crippen molar-refractivity contribution in [3.8, 4) is 11.5 Å². The lowest BCUT2D eigenvalue weighted by Gasteiger charge is -2.14. The summed E-state index contributed by atoms with van der Waals surface area (Å²) in [4.78, 5) is 12.2. The first-order valence-corrected chi connectivity index (χ1v) is 7.87. The number of aryl methyl sites for hydroxylation is 2. The van der Waals surface area contributed by atoms with Gasteiger partial charge in [0.2, 0.25) is 5.91 Å². The maximum Gasteiger partial charge on any atom is 0.226 e. The average Bonchev–Trinajstić information content (AvgIpc) is 2.58. The molecule has 0 unspecified atom stereocenters. The first-order valence-electron chi connectivity index (χ1n) is 7.87. The predicted molar refractivity (Wildman–Crippen MR) is 97.2 cm³/mol. The van der Waals surface area contributed by atoms with Gasteiger partial charge in [-0.15, -0.1) is 0 Å². The summed E-state index contributed by atoms with van der Waals surface area (Å²) in [5.74, 6) is 1.18. The molecule has 0 saturated carbocycles. The van der Waals surface area contributed by atoms with Crippen LogP contribution in [-0.4, -0.2) is 26.7 Å². The highest BCUT2D eigenvalue weighted by atomic mass is 16.5. The molecule has 0 aromatic heterocycles. The summed E-state index contributed by atoms with van der Waals surface area (Å²) in [6.07, 6.45) is 0.364. The Balaban J connectivity index is 1.92. The van der Waals surface area contributed by atoms with Gasteiger partial charge in [-0.05, 0) is 37.1 Å². The van der Waals surface area contributed by atoms with Crippen LogP contribution in [0.3, 0.4) is 0 Å². The Morgan fingerprint density at radius 3 is 2.38 bits per heavy atom. The quantitative estimate of drug-likeness (QED) is 0.812. The molecule has 0 radical (unpaired) electrons. The minimum atomic E-state index is -0.0720. The number of anilines is 2. The maximum atomic E-state index is 12.2. The lowest BCUT2D eigenvalue weighted by atomic mass is 10.1. The van der Waals surface area contributed by atoms with Crippen molar-refractivity contribution in [1.82, 2.24) is 0 Å². The Morgan fingerprint density at radius 1 is 1.04 bits per heavy atom. The molecule has 24 heavy (non-hydrogen) atoms. The lowest BCUT2D eigenvalue weighted by Crippen LogP contribution is -2.17. The van der Waals surface area contributed by atoms with Gasteiger partial charge in [0.25, 0.3) is 0 Å². The number of benzene rings is 2. The molecule has 0 aliphatic heterocycles. The Morgan fingerprint density at radius 2 is 1.75 bits per heavy atom. The van der Waals surface area contributed by atoms with Crippen LogP contribution < -0.4 is 20.1 Å². The third-order valence-electron chi connectivity index (χ3n) is 3.82. The Hall–Kier alpha value is -2.69. The molecule has 1 amide bonds. The van der Waals surface area contributed by atoms with Crippen LogP contribution in [0.5, 0.6) is 11.5 Å². The summed E-state index contributed by atoms with van der Waals surface area (Å²) < 4.78 is 10.4. The lowest BCUT2D eigenvalue weighted by molar-refractivity contribution is -0.116. The van der Waals surface area contributed by atoms with Gasteiger partial charge in [0.15, 0.2) is 0 Å². The minimum absolute atomic E-state index is 0.0720. The van der Waals surface area contributed by atoms with Crippen LogP contribution in [0.2, 0.25) is 0 Å². The summed E-state index contributed by atoms with van der Waals surface area (Å²) in [5.41, 5.74) is 4.07. The van der Waals surface area contributed by atoms with Crippen molar-refractivity contribution in [3.05, 3.63) is 47.5 Å². The fraction of sp³-hybridized carbons (Fsp3) is 0.316. The Bertz CT molecular complexity index is 694. The number of rotatable bonds is 7. The summed E-state index contributed by atoms with van der Waals surface area (Å²) in [6.45, 7) is 4.67. The van der Waals surface area contributed by atoms with Crippen LogP contribution in [0.15, 0.2) is 36.4 Å². The molecule has 5 nitrogen and oxygen atoms in total. The number of amides is 1. The van der Waals surface area contributed by atoms with Crippen molar-refractivity contribution >= 4 is 17.3 Å². The highest BCUT2D eigenvalue weighted by Crippen LogP contribution is 2.29. The van der Waals surface area contributed by atoms with Crippen molar-refractivity contribution in [2.75, 3.05) is 31.4 Å². The second-order valence-corrected chi connectivity index (χ2v) is 5.56. The third-order valence-corrected chi connectivity index (χ3v) is 3.82. The SMILES string of the molecule is COc1ccc(NC(=O)CCNc2c(C)cccc2C)c(OC)c1. The van der Waals surface area contributed by atoms with Crippen molar-refractivity contribution in [3.63, 3.8) is 0 Å². The molecule has 5 heteroatoms. The molecule has 0 saturated heterocycles. The molecule has 2 aromatic carbocycles. The van der Waals surface area contributed by atoms with E-state index >= 15 is 0 Å². The molecule has 0 atom stereocenters. The van der Waals surface area contributed by atoms with Gasteiger partial charge in [-0.3, -0.25) is 4.79 Å². The fourth-order valence-electron chi connectivity index (χ4n) is 2.51. The van der Waals surface area contributed by atoms with Crippen LogP contribution in [0.25, 0.3) is 0 Å². The van der Waals surface area contributed by atoms with Gasteiger partial charge in [0, 0.05) is 24.7 Å². The van der Waals surface area contributed by atoms with Crippen molar-refractivity contribution in [2.24, 2.45) is 0 Å². The first kappa shape index (κ1) is 17.7. The molecule has 0 aliphatic carbocycles. The standard InChI is InChI=1S/C19H24N2O3/c1-13-6-5-7-14(2)19(13)20-11-10-18(22)21-16-9-8-15(23-3)12-17(16)24-4/h5-9,12,20H,10-11H2,1-4H3,(H,21,22). The molecule has 0 bridgehead atoms. The van der Waals surface area contributed by atoms with Crippen molar-refractivity contribution < 1.29 is 14.3 Å². The van der Waals surface area contributed by atoms with E-state index in [0.717, 1.165) is 5.69 Å². The summed E-state index contributed by atoms with van der Waals surface area (Å²) in [7, 11) is 3.15. The number of methoxy groups -OCH3 is 2. The van der Waals surface area contributed by atoms with E-state index in [2.05, 4.69) is 36.6 Å².